The molecule has 1 aromatic heterocycles. The second kappa shape index (κ2) is 12.7. The van der Waals surface area contributed by atoms with Gasteiger partial charge in [0.1, 0.15) is 40.1 Å². The number of rotatable bonds is 9. The van der Waals surface area contributed by atoms with Gasteiger partial charge in [0.15, 0.2) is 0 Å². The fourth-order valence-corrected chi connectivity index (χ4v) is 8.27. The summed E-state index contributed by atoms with van der Waals surface area (Å²) in [6, 6.07) is 13.9. The van der Waals surface area contributed by atoms with Crippen molar-refractivity contribution in [2.24, 2.45) is 0 Å². The third kappa shape index (κ3) is 5.83. The molecule has 1 fully saturated rings. The summed E-state index contributed by atoms with van der Waals surface area (Å²) in [6.07, 6.45) is 4.76. The fourth-order valence-electron chi connectivity index (χ4n) is 6.07. The van der Waals surface area contributed by atoms with Gasteiger partial charge in [0, 0.05) is 53.3 Å². The monoisotopic (exact) mass is 642 g/mol. The molecular weight excluding hydrogens is 610 g/mol. The Morgan fingerprint density at radius 2 is 1.84 bits per heavy atom. The van der Waals surface area contributed by atoms with E-state index >= 15 is 4.39 Å². The molecule has 0 aliphatic carbocycles. The summed E-state index contributed by atoms with van der Waals surface area (Å²) in [6.45, 7) is 0.943. The Bertz CT molecular complexity index is 1720. The lowest BCUT2D eigenvalue weighted by molar-refractivity contribution is 0.0665. The van der Waals surface area contributed by atoms with Crippen LogP contribution in [0.3, 0.4) is 0 Å². The number of sulfonamides is 1. The van der Waals surface area contributed by atoms with Crippen LogP contribution >= 0.6 is 11.5 Å². The van der Waals surface area contributed by atoms with Gasteiger partial charge >= 0.3 is 0 Å². The lowest BCUT2D eigenvalue weighted by Gasteiger charge is -2.43. The lowest BCUT2D eigenvalue weighted by atomic mass is 9.89. The molecule has 0 spiro atoms. The molecule has 232 valence electrons. The number of methoxy groups -OCH3 is 2. The van der Waals surface area contributed by atoms with Crippen LogP contribution in [0.25, 0.3) is 0 Å². The molecule has 4 aromatic rings. The van der Waals surface area contributed by atoms with Gasteiger partial charge in [-0.2, -0.15) is 4.37 Å². The van der Waals surface area contributed by atoms with E-state index in [-0.39, 0.29) is 29.6 Å². The summed E-state index contributed by atoms with van der Waals surface area (Å²) in [5.41, 5.74) is 2.13. The van der Waals surface area contributed by atoms with Crippen molar-refractivity contribution in [3.8, 4) is 17.2 Å². The van der Waals surface area contributed by atoms with Crippen LogP contribution < -0.4 is 18.5 Å². The first-order valence-electron chi connectivity index (χ1n) is 14.3. The van der Waals surface area contributed by atoms with E-state index in [4.69, 9.17) is 14.2 Å². The van der Waals surface area contributed by atoms with Crippen molar-refractivity contribution in [3.05, 3.63) is 89.2 Å². The van der Waals surface area contributed by atoms with Gasteiger partial charge in [-0.05, 0) is 55.3 Å². The molecule has 0 N–H and O–H groups in total. The SMILES string of the molecule is COc1ccc(CN(c2ncns2)S(=O)(=O)c2cc3c(cc2F)C(N2CCCCC2c2ccc(F)cc2)CCO3)c(OC)c1. The van der Waals surface area contributed by atoms with Gasteiger partial charge in [-0.3, -0.25) is 4.90 Å². The van der Waals surface area contributed by atoms with E-state index in [1.54, 1.807) is 30.3 Å². The Morgan fingerprint density at radius 1 is 1.02 bits per heavy atom. The molecule has 2 unspecified atom stereocenters. The Hall–Kier alpha value is -3.81. The molecule has 0 bridgehead atoms. The van der Waals surface area contributed by atoms with Gasteiger partial charge in [-0.15, -0.1) is 0 Å². The van der Waals surface area contributed by atoms with Crippen molar-refractivity contribution in [1.82, 2.24) is 14.3 Å². The van der Waals surface area contributed by atoms with Crippen LogP contribution in [-0.2, 0) is 16.6 Å². The van der Waals surface area contributed by atoms with Crippen molar-refractivity contribution in [2.45, 2.75) is 49.2 Å². The van der Waals surface area contributed by atoms with Gasteiger partial charge < -0.3 is 14.2 Å². The second-order valence-electron chi connectivity index (χ2n) is 10.7. The molecule has 6 rings (SSSR count). The van der Waals surface area contributed by atoms with Crippen molar-refractivity contribution >= 4 is 26.7 Å². The summed E-state index contributed by atoms with van der Waals surface area (Å²) in [4.78, 5) is 5.93. The number of hydrogen-bond donors (Lipinski definition) is 0. The maximum atomic E-state index is 16.1. The molecule has 9 nitrogen and oxygen atoms in total. The topological polar surface area (TPSA) is 94.1 Å². The van der Waals surface area contributed by atoms with Crippen LogP contribution in [0.1, 0.15) is 54.5 Å². The average molecular weight is 643 g/mol. The maximum absolute atomic E-state index is 16.1. The van der Waals surface area contributed by atoms with Crippen LogP contribution in [0, 0.1) is 11.6 Å². The minimum absolute atomic E-state index is 0.0270. The van der Waals surface area contributed by atoms with Crippen molar-refractivity contribution in [1.29, 1.82) is 0 Å². The van der Waals surface area contributed by atoms with E-state index in [1.807, 2.05) is 0 Å². The zero-order valence-electron chi connectivity index (χ0n) is 24.3. The van der Waals surface area contributed by atoms with Crippen LogP contribution in [0.2, 0.25) is 0 Å². The minimum Gasteiger partial charge on any atom is -0.497 e. The summed E-state index contributed by atoms with van der Waals surface area (Å²) in [7, 11) is -1.48. The Balaban J connectivity index is 1.36. The molecule has 0 radical (unpaired) electrons. The molecule has 2 aliphatic heterocycles. The van der Waals surface area contributed by atoms with Gasteiger partial charge in [0.05, 0.1) is 27.4 Å². The van der Waals surface area contributed by atoms with Crippen LogP contribution in [-0.4, -0.2) is 50.0 Å². The van der Waals surface area contributed by atoms with Gasteiger partial charge in [-0.1, -0.05) is 18.6 Å². The van der Waals surface area contributed by atoms with Crippen LogP contribution in [0.15, 0.2) is 65.8 Å². The molecule has 3 heterocycles. The zero-order valence-corrected chi connectivity index (χ0v) is 25.9. The number of ether oxygens (including phenoxy) is 3. The van der Waals surface area contributed by atoms with E-state index in [1.165, 1.54) is 44.8 Å². The van der Waals surface area contributed by atoms with E-state index in [2.05, 4.69) is 14.3 Å². The van der Waals surface area contributed by atoms with E-state index in [9.17, 15) is 12.8 Å². The maximum Gasteiger partial charge on any atom is 0.269 e. The highest BCUT2D eigenvalue weighted by Gasteiger charge is 2.37. The number of fused-ring (bicyclic) bond motifs is 1. The Morgan fingerprint density at radius 3 is 2.57 bits per heavy atom. The highest BCUT2D eigenvalue weighted by molar-refractivity contribution is 7.93. The van der Waals surface area contributed by atoms with Gasteiger partial charge in [0.25, 0.3) is 10.0 Å². The van der Waals surface area contributed by atoms with Crippen molar-refractivity contribution < 1.29 is 31.4 Å². The number of benzene rings is 3. The number of halogens is 2. The van der Waals surface area contributed by atoms with E-state index < -0.39 is 20.7 Å². The normalized spacial score (nSPS) is 18.7. The fraction of sp³-hybridized carbons (Fsp3) is 0.355. The number of aromatic nitrogens is 2. The Kier molecular flexibility index (Phi) is 8.70. The summed E-state index contributed by atoms with van der Waals surface area (Å²) in [5.74, 6) is 0.0909. The largest absolute Gasteiger partial charge is 0.497 e. The van der Waals surface area contributed by atoms with Gasteiger partial charge in [0.2, 0.25) is 5.13 Å². The molecular formula is C31H32F2N4O5S2. The van der Waals surface area contributed by atoms with Gasteiger partial charge in [-0.25, -0.2) is 26.5 Å². The molecule has 2 atom stereocenters. The standard InChI is InChI=1S/C31H32F2N4O5S2/c1-40-23-11-8-21(28(15-23)41-2)18-37(31-34-19-35-43-31)44(38,39)30-17-29-24(16-25(30)33)27(12-14-42-29)36-13-4-3-5-26(36)20-6-9-22(32)10-7-20/h6-11,15-17,19,26-27H,3-5,12-14,18H2,1-2H3. The number of nitrogens with zero attached hydrogens (tertiary/aromatic N) is 4. The molecule has 2 aliphatic rings. The molecule has 0 amide bonds. The van der Waals surface area contributed by atoms with Crippen LogP contribution in [0.5, 0.6) is 17.2 Å². The minimum atomic E-state index is -4.48. The smallest absolute Gasteiger partial charge is 0.269 e. The summed E-state index contributed by atoms with van der Waals surface area (Å²) < 4.78 is 79.8. The molecule has 13 heteroatoms. The quantitative estimate of drug-likeness (QED) is 0.211. The first-order chi connectivity index (χ1) is 21.3. The summed E-state index contributed by atoms with van der Waals surface area (Å²) >= 11 is 0.882. The molecule has 0 saturated carbocycles. The highest BCUT2D eigenvalue weighted by atomic mass is 32.2. The van der Waals surface area contributed by atoms with Crippen molar-refractivity contribution in [3.63, 3.8) is 0 Å². The van der Waals surface area contributed by atoms with Crippen molar-refractivity contribution in [2.75, 3.05) is 31.7 Å². The summed E-state index contributed by atoms with van der Waals surface area (Å²) in [5, 5.41) is 0.0780. The second-order valence-corrected chi connectivity index (χ2v) is 13.3. The van der Waals surface area contributed by atoms with Crippen LogP contribution in [0.4, 0.5) is 13.9 Å². The highest BCUT2D eigenvalue weighted by Crippen LogP contribution is 2.45. The third-order valence-electron chi connectivity index (χ3n) is 8.21. The lowest BCUT2D eigenvalue weighted by Crippen LogP contribution is -2.39. The number of likely N-dealkylation sites (tertiary alicyclic amines) is 1. The molecule has 3 aromatic carbocycles. The predicted octanol–water partition coefficient (Wildman–Crippen LogP) is 6.28. The molecule has 44 heavy (non-hydrogen) atoms. The number of piperidine rings is 1. The number of hydrogen-bond acceptors (Lipinski definition) is 9. The number of anilines is 1. The predicted molar refractivity (Wildman–Crippen MR) is 162 cm³/mol. The van der Waals surface area contributed by atoms with E-state index in [0.717, 1.165) is 47.2 Å². The first-order valence-corrected chi connectivity index (χ1v) is 16.5. The Labute approximate surface area is 259 Å². The van der Waals surface area contributed by atoms with E-state index in [0.29, 0.717) is 41.4 Å². The molecule has 1 saturated heterocycles. The average Bonchev–Trinajstić information content (AvgIpc) is 3.58. The first kappa shape index (κ1) is 30.2. The zero-order chi connectivity index (χ0) is 30.8. The third-order valence-corrected chi connectivity index (χ3v) is 10.8.